The van der Waals surface area contributed by atoms with Gasteiger partial charge in [-0.05, 0) is 91.0 Å². The predicted molar refractivity (Wildman–Crippen MR) is 334 cm³/mol. The second-order valence-corrected chi connectivity index (χ2v) is 20.9. The van der Waals surface area contributed by atoms with Crippen LogP contribution >= 0.6 is 0 Å². The van der Waals surface area contributed by atoms with E-state index in [4.69, 9.17) is 34.9 Å². The van der Waals surface area contributed by atoms with E-state index in [9.17, 15) is 0 Å². The smallest absolute Gasteiger partial charge is 0.238 e. The van der Waals surface area contributed by atoms with E-state index < -0.39 is 0 Å². The van der Waals surface area contributed by atoms with Crippen molar-refractivity contribution in [1.29, 1.82) is 0 Å². The molecule has 0 aliphatic carbocycles. The van der Waals surface area contributed by atoms with Crippen LogP contribution in [-0.4, -0.2) is 57.7 Å². The van der Waals surface area contributed by atoms with E-state index in [1.165, 1.54) is 0 Å². The molecule has 12 heteroatoms. The Morgan fingerprint density at radius 1 is 0.241 bits per heavy atom. The highest BCUT2D eigenvalue weighted by Crippen LogP contribution is 2.49. The van der Waals surface area contributed by atoms with Crippen LogP contribution in [0.3, 0.4) is 0 Å². The quantitative estimate of drug-likeness (QED) is 0.156. The number of rotatable bonds is 7. The van der Waals surface area contributed by atoms with Crippen LogP contribution in [-0.2, 0) is 0 Å². The van der Waals surface area contributed by atoms with Gasteiger partial charge in [-0.25, -0.2) is 24.9 Å². The first-order valence-electron chi connectivity index (χ1n) is 27.6. The second-order valence-electron chi connectivity index (χ2n) is 20.9. The third kappa shape index (κ3) is 6.42. The molecule has 18 rings (SSSR count). The highest BCUT2D eigenvalue weighted by atomic mass is 15.2. The van der Waals surface area contributed by atoms with E-state index >= 15 is 0 Å². The zero-order valence-corrected chi connectivity index (χ0v) is 44.1. The molecule has 0 aliphatic rings. The highest BCUT2D eigenvalue weighted by Gasteiger charge is 2.34. The van der Waals surface area contributed by atoms with Gasteiger partial charge in [-0.15, -0.1) is 0 Å². The van der Waals surface area contributed by atoms with Crippen molar-refractivity contribution < 1.29 is 0 Å². The summed E-state index contributed by atoms with van der Waals surface area (Å²) >= 11 is 0. The molecule has 0 aliphatic heterocycles. The summed E-state index contributed by atoms with van der Waals surface area (Å²) in [7, 11) is 0. The summed E-state index contributed by atoms with van der Waals surface area (Å²) in [5.41, 5.74) is 13.4. The fourth-order valence-corrected chi connectivity index (χ4v) is 13.2. The Balaban J connectivity index is 1.16. The number of hydrogen-bond acceptors (Lipinski definition) is 7. The molecule has 0 atom stereocenters. The fraction of sp³-hybridized carbons (Fsp3) is 0. The molecule has 10 heterocycles. The Labute approximate surface area is 471 Å². The molecule has 0 unspecified atom stereocenters. The van der Waals surface area contributed by atoms with Crippen molar-refractivity contribution in [2.75, 3.05) is 0 Å². The molecule has 386 valence electrons. The second kappa shape index (κ2) is 17.4. The molecule has 0 amide bonds. The monoisotopic (exact) mass is 1060 g/mol. The summed E-state index contributed by atoms with van der Waals surface area (Å²) in [4.78, 5) is 38.7. The molecule has 10 aromatic heterocycles. The average Bonchev–Trinajstić information content (AvgIpc) is 2.88. The van der Waals surface area contributed by atoms with Crippen molar-refractivity contribution in [3.63, 3.8) is 0 Å². The average molecular weight is 1060 g/mol. The maximum Gasteiger partial charge on any atom is 0.238 e. The van der Waals surface area contributed by atoms with Gasteiger partial charge in [0.05, 0.1) is 61.4 Å². The number of pyridine rings is 4. The number of hydrogen-bond donors (Lipinski definition) is 0. The third-order valence-corrected chi connectivity index (χ3v) is 16.6. The molecule has 8 aromatic carbocycles. The van der Waals surface area contributed by atoms with Gasteiger partial charge < -0.3 is 0 Å². The lowest BCUT2D eigenvalue weighted by molar-refractivity contribution is 0.944. The zero-order valence-electron chi connectivity index (χ0n) is 44.1. The highest BCUT2D eigenvalue weighted by molar-refractivity contribution is 6.15. The lowest BCUT2D eigenvalue weighted by atomic mass is 10.0. The number of para-hydroxylation sites is 6. The Bertz CT molecular complexity index is 5210. The van der Waals surface area contributed by atoms with E-state index in [1.807, 2.05) is 67.3 Å². The largest absolute Gasteiger partial charge is 0.292 e. The van der Waals surface area contributed by atoms with Crippen LogP contribution in [0.15, 0.2) is 255 Å². The van der Waals surface area contributed by atoms with E-state index in [-0.39, 0.29) is 0 Å². The van der Waals surface area contributed by atoms with E-state index in [0.29, 0.717) is 23.2 Å². The number of fused-ring (bicyclic) bond motifs is 15. The van der Waals surface area contributed by atoms with Gasteiger partial charge in [0.15, 0.2) is 11.6 Å². The van der Waals surface area contributed by atoms with E-state index in [0.717, 1.165) is 138 Å². The normalized spacial score (nSPS) is 12.1. The van der Waals surface area contributed by atoms with Crippen molar-refractivity contribution in [1.82, 2.24) is 57.7 Å². The van der Waals surface area contributed by atoms with Gasteiger partial charge in [0.2, 0.25) is 5.95 Å². The summed E-state index contributed by atoms with van der Waals surface area (Å²) in [6.45, 7) is 0. The minimum atomic E-state index is 0.412. The zero-order chi connectivity index (χ0) is 54.3. The summed E-state index contributed by atoms with van der Waals surface area (Å²) in [6, 6.07) is 80.5. The first-order chi connectivity index (χ1) is 41.2. The van der Waals surface area contributed by atoms with E-state index in [1.54, 1.807) is 0 Å². The molecule has 0 fully saturated rings. The van der Waals surface area contributed by atoms with Crippen molar-refractivity contribution in [3.05, 3.63) is 255 Å². The van der Waals surface area contributed by atoms with Crippen LogP contribution in [0.4, 0.5) is 0 Å². The Morgan fingerprint density at radius 3 is 0.940 bits per heavy atom. The van der Waals surface area contributed by atoms with Gasteiger partial charge in [-0.2, -0.15) is 9.97 Å². The minimum Gasteiger partial charge on any atom is -0.292 e. The maximum absolute atomic E-state index is 5.95. The topological polar surface area (TPSA) is 115 Å². The molecule has 83 heavy (non-hydrogen) atoms. The lowest BCUT2D eigenvalue weighted by Crippen LogP contribution is -2.16. The molecule has 0 spiro atoms. The van der Waals surface area contributed by atoms with Gasteiger partial charge in [0.25, 0.3) is 0 Å². The molecule has 0 bridgehead atoms. The van der Waals surface area contributed by atoms with Crippen molar-refractivity contribution in [2.45, 2.75) is 0 Å². The van der Waals surface area contributed by atoms with Gasteiger partial charge in [-0.1, -0.05) is 140 Å². The standard InChI is InChI=1S/C71H42N12/c1-2-20-43(21-3-1)65-76-66(78-71(77-65)81-56-34-12-4-22-44(56)45-23-5-13-35-57(45)81)62-63(82-58-36-14-8-26-48(58)52-30-18-40-74-69(52)82)60(79-54-32-10-6-24-46(54)50-28-16-38-72-67(50)79)42-61(80-55-33-11-7-25-47(55)51-29-17-39-73-68(51)80)64(62)83-59-37-15-9-27-49(59)53-31-19-41-75-70(53)83/h1-42H. The van der Waals surface area contributed by atoms with E-state index in [2.05, 4.69) is 211 Å². The maximum atomic E-state index is 5.95. The van der Waals surface area contributed by atoms with Crippen molar-refractivity contribution >= 4 is 110 Å². The fourth-order valence-electron chi connectivity index (χ4n) is 13.2. The van der Waals surface area contributed by atoms with Gasteiger partial charge in [-0.3, -0.25) is 22.8 Å². The first-order valence-corrected chi connectivity index (χ1v) is 27.6. The van der Waals surface area contributed by atoms with Crippen LogP contribution in [0.2, 0.25) is 0 Å². The van der Waals surface area contributed by atoms with Gasteiger partial charge in [0.1, 0.15) is 22.6 Å². The molecule has 18 aromatic rings. The molecular weight excluding hydrogens is 1020 g/mol. The molecular formula is C71H42N12. The number of benzene rings is 8. The Kier molecular flexibility index (Phi) is 9.51. The van der Waals surface area contributed by atoms with Crippen LogP contribution in [0.5, 0.6) is 0 Å². The van der Waals surface area contributed by atoms with Crippen molar-refractivity contribution in [3.8, 4) is 51.5 Å². The minimum absolute atomic E-state index is 0.412. The van der Waals surface area contributed by atoms with Gasteiger partial charge >= 0.3 is 0 Å². The molecule has 0 saturated carbocycles. The molecule has 0 saturated heterocycles. The summed E-state index contributed by atoms with van der Waals surface area (Å²) in [6.07, 6.45) is 7.52. The van der Waals surface area contributed by atoms with Crippen LogP contribution in [0.1, 0.15) is 0 Å². The van der Waals surface area contributed by atoms with Crippen molar-refractivity contribution in [2.24, 2.45) is 0 Å². The third-order valence-electron chi connectivity index (χ3n) is 16.6. The Hall–Kier alpha value is -11.6. The molecule has 12 nitrogen and oxygen atoms in total. The Morgan fingerprint density at radius 2 is 0.542 bits per heavy atom. The van der Waals surface area contributed by atoms with Crippen LogP contribution in [0.25, 0.3) is 161 Å². The number of aromatic nitrogens is 12. The summed E-state index contributed by atoms with van der Waals surface area (Å²) in [5.74, 6) is 1.36. The molecule has 0 radical (unpaired) electrons. The number of nitrogens with zero attached hydrogens (tertiary/aromatic N) is 12. The summed E-state index contributed by atoms with van der Waals surface area (Å²) in [5, 5.41) is 10.3. The van der Waals surface area contributed by atoms with Crippen LogP contribution < -0.4 is 0 Å². The van der Waals surface area contributed by atoms with Crippen LogP contribution in [0, 0.1) is 0 Å². The molecule has 0 N–H and O–H groups in total. The SMILES string of the molecule is c1ccc(-c2nc(-c3c(-n4c5ccccc5c5cccnc54)c(-n4c5ccccc5c5cccnc54)cc(-n4c5ccccc5c5cccnc54)c3-n3c4ccccc4c4cccnc43)nc(-n3c4ccccc4c4ccccc43)n2)cc1. The van der Waals surface area contributed by atoms with Gasteiger partial charge in [0, 0.05) is 84.2 Å². The summed E-state index contributed by atoms with van der Waals surface area (Å²) < 4.78 is 11.5. The lowest BCUT2D eigenvalue weighted by Gasteiger charge is -2.26. The first kappa shape index (κ1) is 45.3. The predicted octanol–water partition coefficient (Wildman–Crippen LogP) is 16.3.